The summed E-state index contributed by atoms with van der Waals surface area (Å²) in [6.45, 7) is 9.02. The summed E-state index contributed by atoms with van der Waals surface area (Å²) in [5.74, 6) is 1.44. The molecule has 3 rings (SSSR count). The van der Waals surface area contributed by atoms with Crippen molar-refractivity contribution in [2.24, 2.45) is 0 Å². The standard InChI is InChI=1S/C21H24N4/c1-14-8-5-6-11-18(14)13-22-19-12-17(4)23-21(24-19)25-20-15(2)9-7-10-16(20)3/h5-12H,13H2,1-4H3,(H2,22,23,24,25). The van der Waals surface area contributed by atoms with Crippen LogP contribution in [0.3, 0.4) is 0 Å². The van der Waals surface area contributed by atoms with Gasteiger partial charge in [-0.2, -0.15) is 4.98 Å². The molecule has 2 N–H and O–H groups in total. The zero-order valence-electron chi connectivity index (χ0n) is 15.2. The summed E-state index contributed by atoms with van der Waals surface area (Å²) in [6.07, 6.45) is 0. The minimum Gasteiger partial charge on any atom is -0.366 e. The van der Waals surface area contributed by atoms with E-state index < -0.39 is 0 Å². The highest BCUT2D eigenvalue weighted by molar-refractivity contribution is 5.63. The number of aromatic nitrogens is 2. The Labute approximate surface area is 149 Å². The highest BCUT2D eigenvalue weighted by Gasteiger charge is 2.07. The minimum absolute atomic E-state index is 0.615. The van der Waals surface area contributed by atoms with Crippen LogP contribution in [-0.2, 0) is 6.54 Å². The van der Waals surface area contributed by atoms with Gasteiger partial charge in [-0.1, -0.05) is 42.5 Å². The first-order valence-corrected chi connectivity index (χ1v) is 8.50. The van der Waals surface area contributed by atoms with Gasteiger partial charge in [-0.3, -0.25) is 0 Å². The summed E-state index contributed by atoms with van der Waals surface area (Å²) in [6, 6.07) is 16.6. The monoisotopic (exact) mass is 332 g/mol. The van der Waals surface area contributed by atoms with Gasteiger partial charge in [0.1, 0.15) is 5.82 Å². The zero-order valence-corrected chi connectivity index (χ0v) is 15.2. The molecule has 0 amide bonds. The molecule has 0 aliphatic heterocycles. The lowest BCUT2D eigenvalue weighted by atomic mass is 10.1. The van der Waals surface area contributed by atoms with Crippen molar-refractivity contribution in [3.63, 3.8) is 0 Å². The Kier molecular flexibility index (Phi) is 4.98. The predicted octanol–water partition coefficient (Wildman–Crippen LogP) is 5.07. The number of nitrogens with zero attached hydrogens (tertiary/aromatic N) is 2. The van der Waals surface area contributed by atoms with Crippen LogP contribution in [0.2, 0.25) is 0 Å². The van der Waals surface area contributed by atoms with Gasteiger partial charge in [-0.25, -0.2) is 4.98 Å². The van der Waals surface area contributed by atoms with Gasteiger partial charge in [0.2, 0.25) is 5.95 Å². The number of rotatable bonds is 5. The molecule has 1 aromatic heterocycles. The molecule has 0 atom stereocenters. The van der Waals surface area contributed by atoms with Gasteiger partial charge < -0.3 is 10.6 Å². The maximum atomic E-state index is 4.62. The van der Waals surface area contributed by atoms with Crippen molar-refractivity contribution in [3.8, 4) is 0 Å². The molecule has 0 fully saturated rings. The third-order valence-electron chi connectivity index (χ3n) is 4.29. The maximum Gasteiger partial charge on any atom is 0.229 e. The van der Waals surface area contributed by atoms with E-state index in [1.807, 2.05) is 13.0 Å². The van der Waals surface area contributed by atoms with E-state index in [1.54, 1.807) is 0 Å². The molecule has 25 heavy (non-hydrogen) atoms. The second kappa shape index (κ2) is 7.34. The third kappa shape index (κ3) is 4.15. The van der Waals surface area contributed by atoms with Gasteiger partial charge >= 0.3 is 0 Å². The second-order valence-electron chi connectivity index (χ2n) is 6.39. The van der Waals surface area contributed by atoms with Crippen molar-refractivity contribution >= 4 is 17.5 Å². The lowest BCUT2D eigenvalue weighted by Gasteiger charge is -2.14. The predicted molar refractivity (Wildman–Crippen MR) is 104 cm³/mol. The van der Waals surface area contributed by atoms with E-state index in [4.69, 9.17) is 0 Å². The number of hydrogen-bond donors (Lipinski definition) is 2. The van der Waals surface area contributed by atoms with Gasteiger partial charge in [-0.15, -0.1) is 0 Å². The van der Waals surface area contributed by atoms with E-state index in [0.717, 1.165) is 23.7 Å². The minimum atomic E-state index is 0.615. The van der Waals surface area contributed by atoms with Crippen LogP contribution in [0.4, 0.5) is 17.5 Å². The van der Waals surface area contributed by atoms with E-state index in [1.165, 1.54) is 22.3 Å². The topological polar surface area (TPSA) is 49.8 Å². The van der Waals surface area contributed by atoms with Crippen LogP contribution < -0.4 is 10.6 Å². The highest BCUT2D eigenvalue weighted by atomic mass is 15.1. The van der Waals surface area contributed by atoms with Crippen LogP contribution >= 0.6 is 0 Å². The van der Waals surface area contributed by atoms with Crippen molar-refractivity contribution in [3.05, 3.63) is 76.5 Å². The van der Waals surface area contributed by atoms with Crippen LogP contribution in [0, 0.1) is 27.7 Å². The molecule has 3 aromatic rings. The van der Waals surface area contributed by atoms with Crippen LogP contribution in [0.1, 0.15) is 27.9 Å². The number of hydrogen-bond acceptors (Lipinski definition) is 4. The molecule has 4 nitrogen and oxygen atoms in total. The Bertz CT molecular complexity index is 867. The summed E-state index contributed by atoms with van der Waals surface area (Å²) in [7, 11) is 0. The van der Waals surface area contributed by atoms with Crippen LogP contribution in [-0.4, -0.2) is 9.97 Å². The van der Waals surface area contributed by atoms with Crippen molar-refractivity contribution in [1.29, 1.82) is 0 Å². The Morgan fingerprint density at radius 2 is 1.48 bits per heavy atom. The van der Waals surface area contributed by atoms with Crippen molar-refractivity contribution in [1.82, 2.24) is 9.97 Å². The molecule has 0 aliphatic rings. The molecule has 1 heterocycles. The number of benzene rings is 2. The quantitative estimate of drug-likeness (QED) is 0.685. The number of aryl methyl sites for hydroxylation is 4. The summed E-state index contributed by atoms with van der Waals surface area (Å²) in [4.78, 5) is 9.14. The number of nitrogens with one attached hydrogen (secondary N) is 2. The van der Waals surface area contributed by atoms with E-state index >= 15 is 0 Å². The van der Waals surface area contributed by atoms with Crippen LogP contribution in [0.25, 0.3) is 0 Å². The zero-order chi connectivity index (χ0) is 17.8. The lowest BCUT2D eigenvalue weighted by Crippen LogP contribution is -2.07. The van der Waals surface area contributed by atoms with Gasteiger partial charge in [0.25, 0.3) is 0 Å². The van der Waals surface area contributed by atoms with Crippen molar-refractivity contribution in [2.75, 3.05) is 10.6 Å². The molecule has 0 saturated carbocycles. The molecule has 0 unspecified atom stereocenters. The van der Waals surface area contributed by atoms with E-state index in [-0.39, 0.29) is 0 Å². The Hall–Kier alpha value is -2.88. The molecule has 0 aliphatic carbocycles. The van der Waals surface area contributed by atoms with Crippen LogP contribution in [0.5, 0.6) is 0 Å². The van der Waals surface area contributed by atoms with Crippen LogP contribution in [0.15, 0.2) is 48.5 Å². The summed E-state index contributed by atoms with van der Waals surface area (Å²) in [5, 5.41) is 6.78. The fraction of sp³-hybridized carbons (Fsp3) is 0.238. The van der Waals surface area contributed by atoms with Gasteiger partial charge in [0, 0.05) is 24.0 Å². The second-order valence-corrected chi connectivity index (χ2v) is 6.39. The Balaban J connectivity index is 1.80. The van der Waals surface area contributed by atoms with E-state index in [9.17, 15) is 0 Å². The largest absolute Gasteiger partial charge is 0.366 e. The first-order chi connectivity index (χ1) is 12.0. The average Bonchev–Trinajstić information content (AvgIpc) is 2.57. The fourth-order valence-electron chi connectivity index (χ4n) is 2.83. The Morgan fingerprint density at radius 1 is 0.800 bits per heavy atom. The van der Waals surface area contributed by atoms with Gasteiger partial charge in [-0.05, 0) is 49.9 Å². The molecular formula is C21H24N4. The molecule has 0 bridgehead atoms. The lowest BCUT2D eigenvalue weighted by molar-refractivity contribution is 1.05. The van der Waals surface area contributed by atoms with Crippen molar-refractivity contribution in [2.45, 2.75) is 34.2 Å². The molecule has 2 aromatic carbocycles. The summed E-state index contributed by atoms with van der Waals surface area (Å²) in [5.41, 5.74) is 6.89. The SMILES string of the molecule is Cc1cc(NCc2ccccc2C)nc(Nc2c(C)cccc2C)n1. The maximum absolute atomic E-state index is 4.62. The molecule has 4 heteroatoms. The summed E-state index contributed by atoms with van der Waals surface area (Å²) < 4.78 is 0. The first kappa shape index (κ1) is 17.0. The fourth-order valence-corrected chi connectivity index (χ4v) is 2.83. The van der Waals surface area contributed by atoms with E-state index in [0.29, 0.717) is 5.95 Å². The highest BCUT2D eigenvalue weighted by Crippen LogP contribution is 2.23. The van der Waals surface area contributed by atoms with E-state index in [2.05, 4.69) is 83.8 Å². The number of anilines is 3. The first-order valence-electron chi connectivity index (χ1n) is 8.50. The molecule has 128 valence electrons. The van der Waals surface area contributed by atoms with Crippen molar-refractivity contribution < 1.29 is 0 Å². The Morgan fingerprint density at radius 3 is 2.20 bits per heavy atom. The smallest absolute Gasteiger partial charge is 0.229 e. The van der Waals surface area contributed by atoms with Gasteiger partial charge in [0.15, 0.2) is 0 Å². The molecule has 0 saturated heterocycles. The average molecular weight is 332 g/mol. The van der Waals surface area contributed by atoms with Gasteiger partial charge in [0.05, 0.1) is 0 Å². The molecule has 0 radical (unpaired) electrons. The third-order valence-corrected chi connectivity index (χ3v) is 4.29. The summed E-state index contributed by atoms with van der Waals surface area (Å²) >= 11 is 0. The normalized spacial score (nSPS) is 10.6. The molecule has 0 spiro atoms. The molecular weight excluding hydrogens is 308 g/mol. The number of para-hydroxylation sites is 1.